The van der Waals surface area contributed by atoms with Gasteiger partial charge in [0.05, 0.1) is 10.7 Å². The lowest BCUT2D eigenvalue weighted by Crippen LogP contribution is -2.34. The van der Waals surface area contributed by atoms with Crippen LogP contribution in [-0.2, 0) is 0 Å². The monoisotopic (exact) mass is 251 g/mol. The van der Waals surface area contributed by atoms with Crippen molar-refractivity contribution in [3.63, 3.8) is 0 Å². The molecule has 1 saturated heterocycles. The molecule has 1 atom stereocenters. The van der Waals surface area contributed by atoms with E-state index >= 15 is 0 Å². The van der Waals surface area contributed by atoms with Crippen molar-refractivity contribution in [2.45, 2.75) is 43.6 Å². The summed E-state index contributed by atoms with van der Waals surface area (Å²) in [5, 5.41) is 3.61. The molecular formula is C13H21N3S. The van der Waals surface area contributed by atoms with E-state index in [1.54, 1.807) is 0 Å². The van der Waals surface area contributed by atoms with Crippen LogP contribution < -0.4 is 5.73 Å². The van der Waals surface area contributed by atoms with Crippen LogP contribution in [0.5, 0.6) is 0 Å². The van der Waals surface area contributed by atoms with Gasteiger partial charge >= 0.3 is 0 Å². The van der Waals surface area contributed by atoms with Crippen LogP contribution in [-0.4, -0.2) is 36.1 Å². The maximum atomic E-state index is 5.84. The minimum absolute atomic E-state index is 0.424. The Morgan fingerprint density at radius 3 is 2.94 bits per heavy atom. The first-order chi connectivity index (χ1) is 8.22. The van der Waals surface area contributed by atoms with Gasteiger partial charge in [-0.15, -0.1) is 11.3 Å². The first-order valence-electron chi connectivity index (χ1n) is 6.62. The molecule has 0 amide bonds. The van der Waals surface area contributed by atoms with Crippen LogP contribution in [0.15, 0.2) is 5.38 Å². The molecule has 17 heavy (non-hydrogen) atoms. The maximum absolute atomic E-state index is 5.84. The summed E-state index contributed by atoms with van der Waals surface area (Å²) in [7, 11) is 2.21. The largest absolute Gasteiger partial charge is 0.328 e. The third-order valence-electron chi connectivity index (χ3n) is 4.11. The van der Waals surface area contributed by atoms with Crippen molar-refractivity contribution in [2.24, 2.45) is 5.73 Å². The first kappa shape index (κ1) is 11.6. The Morgan fingerprint density at radius 2 is 2.24 bits per heavy atom. The van der Waals surface area contributed by atoms with Crippen molar-refractivity contribution in [2.75, 3.05) is 20.1 Å². The van der Waals surface area contributed by atoms with Crippen molar-refractivity contribution in [3.8, 4) is 0 Å². The molecule has 3 nitrogen and oxygen atoms in total. The third kappa shape index (κ3) is 2.39. The molecule has 4 heteroatoms. The quantitative estimate of drug-likeness (QED) is 0.876. The molecule has 1 saturated carbocycles. The molecule has 2 fully saturated rings. The second-order valence-electron chi connectivity index (χ2n) is 5.64. The average Bonchev–Trinajstić information content (AvgIpc) is 2.74. The molecule has 1 aromatic rings. The first-order valence-corrected chi connectivity index (χ1v) is 7.50. The van der Waals surface area contributed by atoms with E-state index in [4.69, 9.17) is 10.7 Å². The van der Waals surface area contributed by atoms with Gasteiger partial charge in [0.2, 0.25) is 0 Å². The predicted octanol–water partition coefficient (Wildman–Crippen LogP) is 2.16. The van der Waals surface area contributed by atoms with Gasteiger partial charge in [-0.1, -0.05) is 0 Å². The lowest BCUT2D eigenvalue weighted by molar-refractivity contribution is 0.248. The highest BCUT2D eigenvalue weighted by Crippen LogP contribution is 2.38. The van der Waals surface area contributed by atoms with Gasteiger partial charge in [0.1, 0.15) is 0 Å². The van der Waals surface area contributed by atoms with Gasteiger partial charge in [0.15, 0.2) is 0 Å². The van der Waals surface area contributed by atoms with E-state index in [2.05, 4.69) is 17.3 Å². The molecular weight excluding hydrogens is 230 g/mol. The van der Waals surface area contributed by atoms with Crippen LogP contribution in [0.1, 0.15) is 48.2 Å². The Kier molecular flexibility index (Phi) is 3.19. The summed E-state index contributed by atoms with van der Waals surface area (Å²) in [4.78, 5) is 7.28. The van der Waals surface area contributed by atoms with Crippen LogP contribution in [0.4, 0.5) is 0 Å². The highest BCUT2D eigenvalue weighted by atomic mass is 32.1. The zero-order valence-electron chi connectivity index (χ0n) is 10.4. The molecule has 1 unspecified atom stereocenters. The van der Waals surface area contributed by atoms with Gasteiger partial charge in [-0.05, 0) is 39.3 Å². The van der Waals surface area contributed by atoms with Crippen molar-refractivity contribution < 1.29 is 0 Å². The molecule has 3 rings (SSSR count). The van der Waals surface area contributed by atoms with Crippen LogP contribution in [0, 0.1) is 0 Å². The number of nitrogens with two attached hydrogens (primary N) is 1. The summed E-state index contributed by atoms with van der Waals surface area (Å²) >= 11 is 1.85. The fourth-order valence-corrected chi connectivity index (χ4v) is 3.98. The van der Waals surface area contributed by atoms with Crippen LogP contribution in [0.25, 0.3) is 0 Å². The topological polar surface area (TPSA) is 42.1 Å². The zero-order valence-corrected chi connectivity index (χ0v) is 11.2. The fourth-order valence-electron chi connectivity index (χ4n) is 2.95. The van der Waals surface area contributed by atoms with E-state index in [9.17, 15) is 0 Å². The summed E-state index contributed by atoms with van der Waals surface area (Å²) in [6, 6.07) is 0.424. The molecule has 0 aromatic carbocycles. The smallest absolute Gasteiger partial charge is 0.0960 e. The number of rotatable bonds is 2. The maximum Gasteiger partial charge on any atom is 0.0960 e. The van der Waals surface area contributed by atoms with Crippen molar-refractivity contribution >= 4 is 11.3 Å². The van der Waals surface area contributed by atoms with Crippen LogP contribution in [0.3, 0.4) is 0 Å². The van der Waals surface area contributed by atoms with Crippen molar-refractivity contribution in [3.05, 3.63) is 16.1 Å². The Labute approximate surface area is 107 Å². The molecule has 0 radical (unpaired) electrons. The summed E-state index contributed by atoms with van der Waals surface area (Å²) in [6.45, 7) is 2.42. The van der Waals surface area contributed by atoms with E-state index in [1.807, 2.05) is 11.3 Å². The summed E-state index contributed by atoms with van der Waals surface area (Å²) < 4.78 is 0. The lowest BCUT2D eigenvalue weighted by Gasteiger charge is -2.31. The Balaban J connectivity index is 1.67. The van der Waals surface area contributed by atoms with E-state index < -0.39 is 0 Å². The van der Waals surface area contributed by atoms with E-state index in [1.165, 1.54) is 36.6 Å². The normalized spacial score (nSPS) is 34.6. The number of likely N-dealkylation sites (N-methyl/N-ethyl adjacent to an activating group) is 1. The number of piperidine rings is 1. The summed E-state index contributed by atoms with van der Waals surface area (Å²) in [5.41, 5.74) is 7.17. The average molecular weight is 251 g/mol. The molecule has 2 N–H and O–H groups in total. The second kappa shape index (κ2) is 4.67. The molecule has 2 heterocycles. The third-order valence-corrected chi connectivity index (χ3v) is 5.13. The van der Waals surface area contributed by atoms with Gasteiger partial charge in [-0.2, -0.15) is 0 Å². The van der Waals surface area contributed by atoms with E-state index in [0.29, 0.717) is 17.9 Å². The van der Waals surface area contributed by atoms with Crippen molar-refractivity contribution in [1.82, 2.24) is 9.88 Å². The number of thiazole rings is 1. The Hall–Kier alpha value is -0.450. The van der Waals surface area contributed by atoms with Crippen LogP contribution >= 0.6 is 11.3 Å². The number of hydrogen-bond donors (Lipinski definition) is 1. The minimum Gasteiger partial charge on any atom is -0.328 e. The molecule has 1 aliphatic heterocycles. The number of aromatic nitrogens is 1. The minimum atomic E-state index is 0.424. The van der Waals surface area contributed by atoms with Crippen LogP contribution in [0.2, 0.25) is 0 Å². The molecule has 0 bridgehead atoms. The molecule has 0 spiro atoms. The van der Waals surface area contributed by atoms with Gasteiger partial charge in [-0.25, -0.2) is 4.98 Å². The highest BCUT2D eigenvalue weighted by Gasteiger charge is 2.30. The number of nitrogens with zero attached hydrogens (tertiary/aromatic N) is 2. The number of likely N-dealkylation sites (tertiary alicyclic amines) is 1. The predicted molar refractivity (Wildman–Crippen MR) is 71.5 cm³/mol. The SMILES string of the molecule is CN1CCCC(c2csc(C3CC(N)C3)n2)C1. The molecule has 1 aromatic heterocycles. The molecule has 1 aliphatic carbocycles. The standard InChI is InChI=1S/C13H21N3S/c1-16-4-2-3-9(7-16)12-8-17-13(15-12)10-5-11(14)6-10/h8-11H,2-7,14H2,1H3. The van der Waals surface area contributed by atoms with Gasteiger partial charge in [0.25, 0.3) is 0 Å². The lowest BCUT2D eigenvalue weighted by atomic mass is 9.81. The molecule has 94 valence electrons. The highest BCUT2D eigenvalue weighted by molar-refractivity contribution is 7.09. The number of hydrogen-bond acceptors (Lipinski definition) is 4. The van der Waals surface area contributed by atoms with Gasteiger partial charge in [-0.3, -0.25) is 0 Å². The summed E-state index contributed by atoms with van der Waals surface area (Å²) in [6.07, 6.45) is 4.88. The van der Waals surface area contributed by atoms with Gasteiger partial charge in [0, 0.05) is 29.8 Å². The Morgan fingerprint density at radius 1 is 1.41 bits per heavy atom. The zero-order chi connectivity index (χ0) is 11.8. The van der Waals surface area contributed by atoms with E-state index in [-0.39, 0.29) is 0 Å². The summed E-state index contributed by atoms with van der Waals surface area (Å²) in [5.74, 6) is 1.32. The van der Waals surface area contributed by atoms with E-state index in [0.717, 1.165) is 12.8 Å². The fraction of sp³-hybridized carbons (Fsp3) is 0.769. The Bertz CT molecular complexity index is 384. The van der Waals surface area contributed by atoms with Gasteiger partial charge < -0.3 is 10.6 Å². The van der Waals surface area contributed by atoms with Crippen molar-refractivity contribution in [1.29, 1.82) is 0 Å². The molecule has 2 aliphatic rings. The second-order valence-corrected chi connectivity index (χ2v) is 6.53.